The van der Waals surface area contributed by atoms with Gasteiger partial charge in [-0.15, -0.1) is 0 Å². The third kappa shape index (κ3) is 4.31. The van der Waals surface area contributed by atoms with Crippen LogP contribution in [0.2, 0.25) is 0 Å². The van der Waals surface area contributed by atoms with Gasteiger partial charge in [0.05, 0.1) is 13.2 Å². The zero-order valence-electron chi connectivity index (χ0n) is 18.2. The van der Waals surface area contributed by atoms with E-state index in [1.807, 2.05) is 30.3 Å². The number of nitrogens with one attached hydrogen (secondary N) is 1. The van der Waals surface area contributed by atoms with E-state index >= 15 is 0 Å². The van der Waals surface area contributed by atoms with Crippen molar-refractivity contribution < 1.29 is 29.1 Å². The van der Waals surface area contributed by atoms with Gasteiger partial charge in [-0.3, -0.25) is 14.9 Å². The Morgan fingerprint density at radius 3 is 2.50 bits per heavy atom. The number of hydrogen-bond donors (Lipinski definition) is 2. The van der Waals surface area contributed by atoms with Gasteiger partial charge in [0, 0.05) is 25.6 Å². The van der Waals surface area contributed by atoms with E-state index in [4.69, 9.17) is 9.47 Å². The molecular formula is C23H31N3O6. The first-order valence-corrected chi connectivity index (χ1v) is 11.4. The van der Waals surface area contributed by atoms with Gasteiger partial charge in [0.25, 0.3) is 5.91 Å². The molecular weight excluding hydrogens is 414 g/mol. The van der Waals surface area contributed by atoms with Gasteiger partial charge < -0.3 is 14.4 Å². The van der Waals surface area contributed by atoms with Gasteiger partial charge in [-0.25, -0.2) is 15.1 Å². The highest BCUT2D eigenvalue weighted by Gasteiger charge is 2.55. The summed E-state index contributed by atoms with van der Waals surface area (Å²) in [7, 11) is 0. The largest absolute Gasteiger partial charge is 0.419 e. The predicted octanol–water partition coefficient (Wildman–Crippen LogP) is 2.89. The summed E-state index contributed by atoms with van der Waals surface area (Å²) in [6, 6.07) is 9.95. The van der Waals surface area contributed by atoms with Crippen molar-refractivity contribution in [3.05, 3.63) is 35.9 Å². The number of carbonyl (C=O) groups is 3. The lowest BCUT2D eigenvalue weighted by Gasteiger charge is -2.49. The fraction of sp³-hybridized carbons (Fsp3) is 0.609. The quantitative estimate of drug-likeness (QED) is 0.421. The standard InChI is InChI=1S/C23H31N3O6/c27-20(24-30)23(19-9-5-2-6-10-19)16-31-14-13-26(23)22(29)32-21(28)25-12-11-18(15-25)17-7-3-1-4-8-17/h1,3-4,7-8,18-19,30H,2,5-6,9-16H2,(H,24,27)/t18-,23?/m0/s1. The molecule has 2 heterocycles. The second-order valence-corrected chi connectivity index (χ2v) is 8.88. The summed E-state index contributed by atoms with van der Waals surface area (Å²) in [6.07, 6.45) is 3.62. The molecule has 2 N–H and O–H groups in total. The molecule has 2 atom stereocenters. The highest BCUT2D eigenvalue weighted by Crippen LogP contribution is 2.39. The molecule has 1 aromatic carbocycles. The average molecular weight is 446 g/mol. The van der Waals surface area contributed by atoms with Gasteiger partial charge in [0.1, 0.15) is 0 Å². The van der Waals surface area contributed by atoms with Crippen LogP contribution in [0.3, 0.4) is 0 Å². The van der Waals surface area contributed by atoms with E-state index in [1.165, 1.54) is 9.80 Å². The molecule has 2 aliphatic heterocycles. The summed E-state index contributed by atoms with van der Waals surface area (Å²) < 4.78 is 10.8. The number of carbonyl (C=O) groups excluding carboxylic acids is 3. The van der Waals surface area contributed by atoms with Crippen molar-refractivity contribution in [2.24, 2.45) is 5.92 Å². The molecule has 0 aromatic heterocycles. The summed E-state index contributed by atoms with van der Waals surface area (Å²) in [5.41, 5.74) is 1.49. The summed E-state index contributed by atoms with van der Waals surface area (Å²) in [4.78, 5) is 41.6. The molecule has 3 fully saturated rings. The maximum atomic E-state index is 13.1. The Morgan fingerprint density at radius 1 is 1.03 bits per heavy atom. The number of ether oxygens (including phenoxy) is 2. The van der Waals surface area contributed by atoms with E-state index in [0.717, 1.165) is 44.1 Å². The van der Waals surface area contributed by atoms with Crippen molar-refractivity contribution in [3.8, 4) is 0 Å². The summed E-state index contributed by atoms with van der Waals surface area (Å²) in [6.45, 7) is 1.29. The maximum Gasteiger partial charge on any atom is 0.419 e. The van der Waals surface area contributed by atoms with Crippen LogP contribution in [-0.4, -0.2) is 71.5 Å². The SMILES string of the molecule is O=C(OC(=O)N1CCOCC1(C(=O)NO)C1CCCCC1)N1CC[C@H](c2ccccc2)C1. The Bertz CT molecular complexity index is 828. The van der Waals surface area contributed by atoms with Gasteiger partial charge in [-0.05, 0) is 30.7 Å². The van der Waals surface area contributed by atoms with Gasteiger partial charge >= 0.3 is 12.2 Å². The average Bonchev–Trinajstić information content (AvgIpc) is 3.35. The molecule has 3 amide bonds. The van der Waals surface area contributed by atoms with E-state index in [-0.39, 0.29) is 31.6 Å². The molecule has 174 valence electrons. The Hall–Kier alpha value is -2.65. The van der Waals surface area contributed by atoms with E-state index in [0.29, 0.717) is 13.1 Å². The van der Waals surface area contributed by atoms with Gasteiger partial charge in [0.15, 0.2) is 5.54 Å². The lowest BCUT2D eigenvalue weighted by atomic mass is 9.73. The highest BCUT2D eigenvalue weighted by molar-refractivity contribution is 5.92. The van der Waals surface area contributed by atoms with E-state index < -0.39 is 23.6 Å². The smallest absolute Gasteiger partial charge is 0.377 e. The second kappa shape index (κ2) is 9.87. The van der Waals surface area contributed by atoms with E-state index in [1.54, 1.807) is 5.48 Å². The first-order chi connectivity index (χ1) is 15.6. The normalized spacial score (nSPS) is 26.6. The number of rotatable bonds is 3. The highest BCUT2D eigenvalue weighted by atomic mass is 16.6. The predicted molar refractivity (Wildman–Crippen MR) is 114 cm³/mol. The third-order valence-corrected chi connectivity index (χ3v) is 7.15. The molecule has 32 heavy (non-hydrogen) atoms. The van der Waals surface area contributed by atoms with Crippen molar-refractivity contribution in [1.82, 2.24) is 15.3 Å². The fourth-order valence-corrected chi connectivity index (χ4v) is 5.42. The maximum absolute atomic E-state index is 13.1. The number of benzene rings is 1. The molecule has 1 saturated carbocycles. The monoisotopic (exact) mass is 445 g/mol. The van der Waals surface area contributed by atoms with Crippen LogP contribution in [0.4, 0.5) is 9.59 Å². The van der Waals surface area contributed by atoms with E-state index in [2.05, 4.69) is 0 Å². The van der Waals surface area contributed by atoms with Crippen molar-refractivity contribution in [2.75, 3.05) is 32.8 Å². The Labute approximate surface area is 187 Å². The molecule has 9 heteroatoms. The van der Waals surface area contributed by atoms with Crippen LogP contribution < -0.4 is 5.48 Å². The van der Waals surface area contributed by atoms with Crippen LogP contribution in [0.5, 0.6) is 0 Å². The summed E-state index contributed by atoms with van der Waals surface area (Å²) in [5.74, 6) is -0.678. The zero-order valence-corrected chi connectivity index (χ0v) is 18.2. The number of nitrogens with zero attached hydrogens (tertiary/aromatic N) is 2. The molecule has 0 bridgehead atoms. The van der Waals surface area contributed by atoms with Crippen molar-refractivity contribution in [2.45, 2.75) is 50.0 Å². The van der Waals surface area contributed by atoms with Crippen LogP contribution in [-0.2, 0) is 14.3 Å². The van der Waals surface area contributed by atoms with Gasteiger partial charge in [-0.2, -0.15) is 0 Å². The van der Waals surface area contributed by atoms with Crippen LogP contribution in [0, 0.1) is 5.92 Å². The Kier molecular flexibility index (Phi) is 6.95. The number of amides is 3. The molecule has 1 aromatic rings. The first-order valence-electron chi connectivity index (χ1n) is 11.4. The van der Waals surface area contributed by atoms with Crippen LogP contribution in [0.1, 0.15) is 50.0 Å². The van der Waals surface area contributed by atoms with Crippen molar-refractivity contribution in [1.29, 1.82) is 0 Å². The minimum atomic E-state index is -1.39. The number of morpholine rings is 1. The topological polar surface area (TPSA) is 108 Å². The molecule has 0 radical (unpaired) electrons. The number of hydrogen-bond acceptors (Lipinski definition) is 6. The van der Waals surface area contributed by atoms with Crippen LogP contribution in [0.25, 0.3) is 0 Å². The first kappa shape index (κ1) is 22.5. The second-order valence-electron chi connectivity index (χ2n) is 8.88. The van der Waals surface area contributed by atoms with Gasteiger partial charge in [-0.1, -0.05) is 49.6 Å². The van der Waals surface area contributed by atoms with Crippen molar-refractivity contribution in [3.63, 3.8) is 0 Å². The van der Waals surface area contributed by atoms with Crippen molar-refractivity contribution >= 4 is 18.1 Å². The van der Waals surface area contributed by atoms with E-state index in [9.17, 15) is 19.6 Å². The molecule has 3 aliphatic rings. The molecule has 1 unspecified atom stereocenters. The Morgan fingerprint density at radius 2 is 1.78 bits per heavy atom. The third-order valence-electron chi connectivity index (χ3n) is 7.15. The lowest BCUT2D eigenvalue weighted by Crippen LogP contribution is -2.70. The molecule has 0 spiro atoms. The number of hydroxylamine groups is 1. The van der Waals surface area contributed by atoms with Crippen LogP contribution in [0.15, 0.2) is 30.3 Å². The zero-order chi connectivity index (χ0) is 22.6. The summed E-state index contributed by atoms with van der Waals surface area (Å²) in [5, 5.41) is 9.47. The minimum Gasteiger partial charge on any atom is -0.377 e. The molecule has 2 saturated heterocycles. The lowest BCUT2D eigenvalue weighted by molar-refractivity contribution is -0.160. The summed E-state index contributed by atoms with van der Waals surface area (Å²) >= 11 is 0. The number of likely N-dealkylation sites (tertiary alicyclic amines) is 1. The fourth-order valence-electron chi connectivity index (χ4n) is 5.42. The van der Waals surface area contributed by atoms with Crippen LogP contribution >= 0.6 is 0 Å². The molecule has 9 nitrogen and oxygen atoms in total. The van der Waals surface area contributed by atoms with Gasteiger partial charge in [0.2, 0.25) is 0 Å². The molecule has 4 rings (SSSR count). The molecule has 1 aliphatic carbocycles. The Balaban J connectivity index is 1.47. The minimum absolute atomic E-state index is 0.0346.